The number of aromatic nitrogens is 1. The second-order valence-corrected chi connectivity index (χ2v) is 7.55. The second kappa shape index (κ2) is 5.53. The number of imide groups is 1. The number of carbonyl (C=O) groups excluding carboxylic acids is 2. The zero-order chi connectivity index (χ0) is 16.9. The van der Waals surface area contributed by atoms with Crippen molar-refractivity contribution in [3.8, 4) is 0 Å². The van der Waals surface area contributed by atoms with Crippen LogP contribution in [0.5, 0.6) is 0 Å². The first-order valence-corrected chi connectivity index (χ1v) is 9.06. The van der Waals surface area contributed by atoms with Crippen LogP contribution < -0.4 is 5.32 Å². The molecule has 7 heteroatoms. The van der Waals surface area contributed by atoms with E-state index in [-0.39, 0.29) is 18.0 Å². The molecule has 6 nitrogen and oxygen atoms in total. The van der Waals surface area contributed by atoms with E-state index in [1.165, 1.54) is 15.2 Å². The largest absolute Gasteiger partial charge is 0.324 e. The highest BCUT2D eigenvalue weighted by Crippen LogP contribution is 2.33. The van der Waals surface area contributed by atoms with Gasteiger partial charge in [-0.3, -0.25) is 14.6 Å². The van der Waals surface area contributed by atoms with Crippen molar-refractivity contribution in [2.45, 2.75) is 31.3 Å². The molecule has 2 aromatic rings. The van der Waals surface area contributed by atoms with Crippen LogP contribution in [0.2, 0.25) is 0 Å². The van der Waals surface area contributed by atoms with Crippen molar-refractivity contribution < 1.29 is 9.59 Å². The van der Waals surface area contributed by atoms with Crippen molar-refractivity contribution in [3.63, 3.8) is 0 Å². The van der Waals surface area contributed by atoms with Gasteiger partial charge in [0.15, 0.2) is 0 Å². The first-order valence-electron chi connectivity index (χ1n) is 8.18. The van der Waals surface area contributed by atoms with Crippen LogP contribution in [0.4, 0.5) is 4.79 Å². The predicted molar refractivity (Wildman–Crippen MR) is 92.9 cm³/mol. The quantitative estimate of drug-likeness (QED) is 0.850. The fourth-order valence-electron chi connectivity index (χ4n) is 3.73. The standard InChI is InChI=1S/C17H20N4O2S/c1-11(12-3-4-14-13(9-12)18-10-24-14)21-7-5-17(6-8-21)15(22)20(2)16(23)19-17/h3-4,9-11H,5-8H2,1-2H3,(H,19,23). The minimum atomic E-state index is -0.694. The number of hydrogen-bond donors (Lipinski definition) is 1. The van der Waals surface area contributed by atoms with E-state index >= 15 is 0 Å². The molecule has 2 aliphatic rings. The highest BCUT2D eigenvalue weighted by Gasteiger charge is 2.51. The number of carbonyl (C=O) groups is 2. The Morgan fingerprint density at radius 3 is 2.71 bits per heavy atom. The summed E-state index contributed by atoms with van der Waals surface area (Å²) in [6.45, 7) is 3.76. The molecular formula is C17H20N4O2S. The van der Waals surface area contributed by atoms with Crippen LogP contribution in [-0.4, -0.2) is 52.4 Å². The van der Waals surface area contributed by atoms with Crippen molar-refractivity contribution in [1.82, 2.24) is 20.1 Å². The number of rotatable bonds is 2. The fraction of sp³-hybridized carbons (Fsp3) is 0.471. The molecule has 126 valence electrons. The fourth-order valence-corrected chi connectivity index (χ4v) is 4.39. The number of urea groups is 1. The topological polar surface area (TPSA) is 65.5 Å². The van der Waals surface area contributed by atoms with E-state index < -0.39 is 5.54 Å². The van der Waals surface area contributed by atoms with Crippen LogP contribution in [0.3, 0.4) is 0 Å². The lowest BCUT2D eigenvalue weighted by atomic mass is 9.86. The molecule has 1 N–H and O–H groups in total. The number of thiazole rings is 1. The molecule has 1 aromatic heterocycles. The molecule has 0 bridgehead atoms. The van der Waals surface area contributed by atoms with E-state index in [4.69, 9.17) is 0 Å². The van der Waals surface area contributed by atoms with E-state index in [2.05, 4.69) is 40.3 Å². The maximum atomic E-state index is 12.4. The summed E-state index contributed by atoms with van der Waals surface area (Å²) in [5.41, 5.74) is 3.45. The number of fused-ring (bicyclic) bond motifs is 1. The summed E-state index contributed by atoms with van der Waals surface area (Å²) in [4.78, 5) is 32.1. The van der Waals surface area contributed by atoms with Crippen LogP contribution in [0, 0.1) is 0 Å². The Kier molecular flexibility index (Phi) is 3.58. The van der Waals surface area contributed by atoms with Gasteiger partial charge in [0.05, 0.1) is 15.7 Å². The molecule has 1 unspecified atom stereocenters. The zero-order valence-corrected chi connectivity index (χ0v) is 14.6. The van der Waals surface area contributed by atoms with Gasteiger partial charge in [-0.1, -0.05) is 6.07 Å². The Bertz CT molecular complexity index is 810. The van der Waals surface area contributed by atoms with E-state index in [1.54, 1.807) is 18.4 Å². The van der Waals surface area contributed by atoms with Crippen LogP contribution >= 0.6 is 11.3 Å². The molecule has 4 rings (SSSR count). The summed E-state index contributed by atoms with van der Waals surface area (Å²) < 4.78 is 1.20. The molecule has 24 heavy (non-hydrogen) atoms. The Labute approximate surface area is 144 Å². The molecule has 1 aromatic carbocycles. The lowest BCUT2D eigenvalue weighted by molar-refractivity contribution is -0.132. The maximum absolute atomic E-state index is 12.4. The molecule has 0 radical (unpaired) electrons. The maximum Gasteiger partial charge on any atom is 0.324 e. The third kappa shape index (κ3) is 2.31. The van der Waals surface area contributed by atoms with E-state index in [0.29, 0.717) is 12.8 Å². The van der Waals surface area contributed by atoms with Gasteiger partial charge in [0.2, 0.25) is 0 Å². The monoisotopic (exact) mass is 344 g/mol. The number of piperidine rings is 1. The van der Waals surface area contributed by atoms with Gasteiger partial charge in [0.1, 0.15) is 5.54 Å². The molecular weight excluding hydrogens is 324 g/mol. The SMILES string of the molecule is CC(c1ccc2scnc2c1)N1CCC2(CC1)NC(=O)N(C)C2=O. The van der Waals surface area contributed by atoms with Gasteiger partial charge < -0.3 is 5.32 Å². The van der Waals surface area contributed by atoms with Crippen molar-refractivity contribution in [3.05, 3.63) is 29.3 Å². The Morgan fingerprint density at radius 2 is 2.04 bits per heavy atom. The second-order valence-electron chi connectivity index (χ2n) is 6.67. The van der Waals surface area contributed by atoms with Gasteiger partial charge >= 0.3 is 6.03 Å². The summed E-state index contributed by atoms with van der Waals surface area (Å²) in [6, 6.07) is 6.41. The number of likely N-dealkylation sites (tertiary alicyclic amines) is 1. The van der Waals surface area contributed by atoms with E-state index in [1.807, 2.05) is 5.51 Å². The average molecular weight is 344 g/mol. The summed E-state index contributed by atoms with van der Waals surface area (Å²) >= 11 is 1.65. The van der Waals surface area contributed by atoms with Gasteiger partial charge in [-0.15, -0.1) is 11.3 Å². The van der Waals surface area contributed by atoms with Crippen LogP contribution in [0.1, 0.15) is 31.4 Å². The Hall–Kier alpha value is -1.99. The molecule has 1 atom stereocenters. The lowest BCUT2D eigenvalue weighted by Crippen LogP contribution is -2.55. The number of amides is 3. The molecule has 3 heterocycles. The molecule has 2 aliphatic heterocycles. The summed E-state index contributed by atoms with van der Waals surface area (Å²) in [5, 5.41) is 2.89. The first kappa shape index (κ1) is 15.5. The molecule has 3 amide bonds. The van der Waals surface area contributed by atoms with Crippen LogP contribution in [0.25, 0.3) is 10.2 Å². The number of hydrogen-bond acceptors (Lipinski definition) is 5. The smallest absolute Gasteiger partial charge is 0.323 e. The molecule has 1 spiro atoms. The number of benzene rings is 1. The van der Waals surface area contributed by atoms with Gasteiger partial charge in [0.25, 0.3) is 5.91 Å². The van der Waals surface area contributed by atoms with Crippen molar-refractivity contribution in [2.75, 3.05) is 20.1 Å². The van der Waals surface area contributed by atoms with Gasteiger partial charge in [-0.05, 0) is 37.5 Å². The Morgan fingerprint density at radius 1 is 1.29 bits per heavy atom. The lowest BCUT2D eigenvalue weighted by Gasteiger charge is -2.40. The van der Waals surface area contributed by atoms with Gasteiger partial charge in [-0.25, -0.2) is 9.78 Å². The van der Waals surface area contributed by atoms with Gasteiger partial charge in [-0.2, -0.15) is 0 Å². The van der Waals surface area contributed by atoms with E-state index in [0.717, 1.165) is 18.6 Å². The Balaban J connectivity index is 1.49. The molecule has 0 aliphatic carbocycles. The van der Waals surface area contributed by atoms with Crippen molar-refractivity contribution in [1.29, 1.82) is 0 Å². The molecule has 2 saturated heterocycles. The average Bonchev–Trinajstić information content (AvgIpc) is 3.14. The normalized spacial score (nSPS) is 22.3. The number of nitrogens with zero attached hydrogens (tertiary/aromatic N) is 3. The van der Waals surface area contributed by atoms with Crippen LogP contribution in [-0.2, 0) is 4.79 Å². The summed E-state index contributed by atoms with van der Waals surface area (Å²) in [5.74, 6) is -0.0938. The third-order valence-corrected chi connectivity index (χ3v) is 6.21. The van der Waals surface area contributed by atoms with Crippen molar-refractivity contribution >= 4 is 33.5 Å². The number of likely N-dealkylation sites (N-methyl/N-ethyl adjacent to an activating group) is 1. The highest BCUT2D eigenvalue weighted by atomic mass is 32.1. The third-order valence-electron chi connectivity index (χ3n) is 5.40. The summed E-state index contributed by atoms with van der Waals surface area (Å²) in [7, 11) is 1.55. The molecule has 0 saturated carbocycles. The number of nitrogens with one attached hydrogen (secondary N) is 1. The van der Waals surface area contributed by atoms with Gasteiger partial charge in [0, 0.05) is 26.2 Å². The first-order chi connectivity index (χ1) is 11.5. The minimum Gasteiger partial charge on any atom is -0.323 e. The predicted octanol–water partition coefficient (Wildman–Crippen LogP) is 2.37. The summed E-state index contributed by atoms with van der Waals surface area (Å²) in [6.07, 6.45) is 1.32. The minimum absolute atomic E-state index is 0.0938. The highest BCUT2D eigenvalue weighted by molar-refractivity contribution is 7.16. The van der Waals surface area contributed by atoms with Crippen LogP contribution in [0.15, 0.2) is 23.7 Å². The molecule has 2 fully saturated rings. The van der Waals surface area contributed by atoms with E-state index in [9.17, 15) is 9.59 Å². The van der Waals surface area contributed by atoms with Crippen molar-refractivity contribution in [2.24, 2.45) is 0 Å². The zero-order valence-electron chi connectivity index (χ0n) is 13.8.